The van der Waals surface area contributed by atoms with Gasteiger partial charge in [-0.1, -0.05) is 30.3 Å². The number of hydrogen-bond donors (Lipinski definition) is 1. The van der Waals surface area contributed by atoms with E-state index in [0.29, 0.717) is 19.6 Å². The van der Waals surface area contributed by atoms with E-state index in [0.717, 1.165) is 5.56 Å². The Balaban J connectivity index is 1.78. The van der Waals surface area contributed by atoms with E-state index in [1.54, 1.807) is 12.0 Å². The van der Waals surface area contributed by atoms with Crippen LogP contribution in [0, 0.1) is 5.92 Å². The molecule has 1 heterocycles. The van der Waals surface area contributed by atoms with Crippen molar-refractivity contribution in [3.8, 4) is 0 Å². The van der Waals surface area contributed by atoms with Gasteiger partial charge < -0.3 is 24.4 Å². The molecule has 1 aliphatic rings. The minimum atomic E-state index is -0.544. The summed E-state index contributed by atoms with van der Waals surface area (Å²) in [6.45, 7) is 6.98. The summed E-state index contributed by atoms with van der Waals surface area (Å²) in [5.74, 6) is -0.0169. The number of rotatable bonds is 5. The summed E-state index contributed by atoms with van der Waals surface area (Å²) < 4.78 is 16.1. The van der Waals surface area contributed by atoms with Crippen LogP contribution in [0.15, 0.2) is 30.3 Å². The van der Waals surface area contributed by atoms with Crippen LogP contribution < -0.4 is 5.32 Å². The van der Waals surface area contributed by atoms with E-state index in [-0.39, 0.29) is 24.7 Å². The summed E-state index contributed by atoms with van der Waals surface area (Å²) >= 11 is 0. The SMILES string of the molecule is CO[C@H]1CN(C(=O)OC(C)(C)C)C[C@@H]1CNC(=O)OCc1ccccc1. The molecule has 1 N–H and O–H groups in total. The predicted octanol–water partition coefficient (Wildman–Crippen LogP) is 2.79. The van der Waals surface area contributed by atoms with Crippen molar-refractivity contribution in [2.75, 3.05) is 26.7 Å². The Morgan fingerprint density at radius 1 is 1.19 bits per heavy atom. The first-order valence-electron chi connectivity index (χ1n) is 8.74. The number of carbonyl (C=O) groups is 2. The molecule has 1 aromatic rings. The van der Waals surface area contributed by atoms with Crippen LogP contribution in [-0.4, -0.2) is 55.5 Å². The molecule has 26 heavy (non-hydrogen) atoms. The minimum absolute atomic E-state index is 0.0169. The highest BCUT2D eigenvalue weighted by atomic mass is 16.6. The summed E-state index contributed by atoms with van der Waals surface area (Å²) in [5, 5.41) is 2.75. The van der Waals surface area contributed by atoms with Gasteiger partial charge in [0.05, 0.1) is 12.6 Å². The summed E-state index contributed by atoms with van der Waals surface area (Å²) in [7, 11) is 1.60. The Labute approximate surface area is 154 Å². The first kappa shape index (κ1) is 20.0. The highest BCUT2D eigenvalue weighted by molar-refractivity contribution is 5.69. The lowest BCUT2D eigenvalue weighted by Gasteiger charge is -2.24. The van der Waals surface area contributed by atoms with Crippen molar-refractivity contribution >= 4 is 12.2 Å². The van der Waals surface area contributed by atoms with Crippen molar-refractivity contribution < 1.29 is 23.8 Å². The van der Waals surface area contributed by atoms with Crippen molar-refractivity contribution in [3.63, 3.8) is 0 Å². The van der Waals surface area contributed by atoms with Gasteiger partial charge in [-0.3, -0.25) is 0 Å². The van der Waals surface area contributed by atoms with Crippen LogP contribution in [0.2, 0.25) is 0 Å². The summed E-state index contributed by atoms with van der Waals surface area (Å²) in [4.78, 5) is 25.7. The first-order valence-corrected chi connectivity index (χ1v) is 8.74. The highest BCUT2D eigenvalue weighted by Gasteiger charge is 2.37. The average molecular weight is 364 g/mol. The van der Waals surface area contributed by atoms with Gasteiger partial charge in [0.25, 0.3) is 0 Å². The van der Waals surface area contributed by atoms with Crippen LogP contribution in [0.1, 0.15) is 26.3 Å². The maximum absolute atomic E-state index is 12.2. The van der Waals surface area contributed by atoms with Gasteiger partial charge in [0.2, 0.25) is 0 Å². The lowest BCUT2D eigenvalue weighted by Crippen LogP contribution is -2.36. The number of alkyl carbamates (subject to hydrolysis) is 1. The van der Waals surface area contributed by atoms with Crippen LogP contribution in [0.4, 0.5) is 9.59 Å². The van der Waals surface area contributed by atoms with Gasteiger partial charge in [0.15, 0.2) is 0 Å². The zero-order valence-corrected chi connectivity index (χ0v) is 15.9. The topological polar surface area (TPSA) is 77.1 Å². The molecule has 0 spiro atoms. The lowest BCUT2D eigenvalue weighted by atomic mass is 10.1. The molecule has 0 radical (unpaired) electrons. The number of hydrogen-bond acceptors (Lipinski definition) is 5. The van der Waals surface area contributed by atoms with Gasteiger partial charge >= 0.3 is 12.2 Å². The molecule has 2 atom stereocenters. The number of carbonyl (C=O) groups excluding carboxylic acids is 2. The zero-order chi connectivity index (χ0) is 19.2. The Morgan fingerprint density at radius 2 is 1.88 bits per heavy atom. The van der Waals surface area contributed by atoms with Gasteiger partial charge in [-0.15, -0.1) is 0 Å². The molecule has 7 nitrogen and oxygen atoms in total. The molecule has 0 bridgehead atoms. The predicted molar refractivity (Wildman–Crippen MR) is 96.7 cm³/mol. The normalized spacial score (nSPS) is 19.9. The number of likely N-dealkylation sites (tertiary alicyclic amines) is 1. The third kappa shape index (κ3) is 6.22. The fourth-order valence-corrected chi connectivity index (χ4v) is 2.77. The fraction of sp³-hybridized carbons (Fsp3) is 0.579. The molecule has 2 amide bonds. The van der Waals surface area contributed by atoms with Crippen LogP contribution in [0.25, 0.3) is 0 Å². The number of nitrogens with one attached hydrogen (secondary N) is 1. The quantitative estimate of drug-likeness (QED) is 0.869. The maximum atomic E-state index is 12.2. The molecular weight excluding hydrogens is 336 g/mol. The van der Waals surface area contributed by atoms with E-state index in [1.165, 1.54) is 0 Å². The van der Waals surface area contributed by atoms with Crippen LogP contribution in [-0.2, 0) is 20.8 Å². The molecule has 144 valence electrons. The number of amides is 2. The Kier molecular flexibility index (Phi) is 6.85. The standard InChI is InChI=1S/C19H28N2O5/c1-19(2,3)26-18(23)21-11-15(16(12-21)24-4)10-20-17(22)25-13-14-8-6-5-7-9-14/h5-9,15-16H,10-13H2,1-4H3,(H,20,22)/t15-,16-/m0/s1. The molecular formula is C19H28N2O5. The molecule has 0 aliphatic carbocycles. The maximum Gasteiger partial charge on any atom is 0.410 e. The van der Waals surface area contributed by atoms with Crippen molar-refractivity contribution in [3.05, 3.63) is 35.9 Å². The Bertz CT molecular complexity index is 600. The lowest BCUT2D eigenvalue weighted by molar-refractivity contribution is 0.0251. The molecule has 0 aromatic heterocycles. The summed E-state index contributed by atoms with van der Waals surface area (Å²) in [6, 6.07) is 9.48. The molecule has 7 heteroatoms. The van der Waals surface area contributed by atoms with Crippen molar-refractivity contribution in [1.29, 1.82) is 0 Å². The monoisotopic (exact) mass is 364 g/mol. The Hall–Kier alpha value is -2.28. The summed E-state index contributed by atoms with van der Waals surface area (Å²) in [5.41, 5.74) is 0.381. The third-order valence-electron chi connectivity index (χ3n) is 4.06. The van der Waals surface area contributed by atoms with E-state index in [4.69, 9.17) is 14.2 Å². The second-order valence-corrected chi connectivity index (χ2v) is 7.36. The average Bonchev–Trinajstić information content (AvgIpc) is 3.01. The van der Waals surface area contributed by atoms with Crippen molar-refractivity contribution in [2.24, 2.45) is 5.92 Å². The highest BCUT2D eigenvalue weighted by Crippen LogP contribution is 2.21. The van der Waals surface area contributed by atoms with E-state index in [1.807, 2.05) is 51.1 Å². The van der Waals surface area contributed by atoms with Crippen molar-refractivity contribution in [2.45, 2.75) is 39.1 Å². The van der Waals surface area contributed by atoms with Crippen LogP contribution in [0.3, 0.4) is 0 Å². The number of methoxy groups -OCH3 is 1. The third-order valence-corrected chi connectivity index (χ3v) is 4.06. The van der Waals surface area contributed by atoms with E-state index in [9.17, 15) is 9.59 Å². The van der Waals surface area contributed by atoms with E-state index in [2.05, 4.69) is 5.32 Å². The van der Waals surface area contributed by atoms with Gasteiger partial charge in [0, 0.05) is 26.1 Å². The van der Waals surface area contributed by atoms with E-state index >= 15 is 0 Å². The summed E-state index contributed by atoms with van der Waals surface area (Å²) in [6.07, 6.45) is -1.01. The number of ether oxygens (including phenoxy) is 3. The fourth-order valence-electron chi connectivity index (χ4n) is 2.77. The van der Waals surface area contributed by atoms with Crippen LogP contribution in [0.5, 0.6) is 0 Å². The van der Waals surface area contributed by atoms with Gasteiger partial charge in [0.1, 0.15) is 12.2 Å². The van der Waals surface area contributed by atoms with Gasteiger partial charge in [-0.2, -0.15) is 0 Å². The number of nitrogens with zero attached hydrogens (tertiary/aromatic N) is 1. The minimum Gasteiger partial charge on any atom is -0.445 e. The molecule has 1 aliphatic heterocycles. The molecule has 0 unspecified atom stereocenters. The molecule has 0 saturated carbocycles. The first-order chi connectivity index (χ1) is 12.3. The van der Waals surface area contributed by atoms with Gasteiger partial charge in [-0.25, -0.2) is 9.59 Å². The zero-order valence-electron chi connectivity index (χ0n) is 15.9. The molecule has 1 aromatic carbocycles. The molecule has 1 fully saturated rings. The second-order valence-electron chi connectivity index (χ2n) is 7.36. The second kappa shape index (κ2) is 8.89. The molecule has 1 saturated heterocycles. The van der Waals surface area contributed by atoms with Gasteiger partial charge in [-0.05, 0) is 26.3 Å². The smallest absolute Gasteiger partial charge is 0.410 e. The van der Waals surface area contributed by atoms with Crippen molar-refractivity contribution in [1.82, 2.24) is 10.2 Å². The largest absolute Gasteiger partial charge is 0.445 e. The molecule has 2 rings (SSSR count). The van der Waals surface area contributed by atoms with E-state index < -0.39 is 11.7 Å². The number of benzene rings is 1. The Morgan fingerprint density at radius 3 is 2.50 bits per heavy atom. The van der Waals surface area contributed by atoms with Crippen LogP contribution >= 0.6 is 0 Å².